The van der Waals surface area contributed by atoms with Gasteiger partial charge in [0, 0.05) is 6.61 Å². The summed E-state index contributed by atoms with van der Waals surface area (Å²) < 4.78 is 5.93. The highest BCUT2D eigenvalue weighted by atomic mass is 16.5. The molecule has 0 bridgehead atoms. The molecule has 13 heavy (non-hydrogen) atoms. The maximum Gasteiger partial charge on any atom is 0.0603 e. The van der Waals surface area contributed by atoms with Gasteiger partial charge in [0.1, 0.15) is 0 Å². The molecule has 1 nitrogen and oxygen atoms in total. The second-order valence-corrected chi connectivity index (χ2v) is 4.34. The van der Waals surface area contributed by atoms with Crippen LogP contribution in [0.25, 0.3) is 0 Å². The SMILES string of the molecule is CCC[C@H]1OC[C@@H](CC)C[C@H]1CC. The first-order valence-corrected chi connectivity index (χ1v) is 5.93. The van der Waals surface area contributed by atoms with Crippen molar-refractivity contribution in [3.8, 4) is 0 Å². The summed E-state index contributed by atoms with van der Waals surface area (Å²) in [5.74, 6) is 1.66. The fraction of sp³-hybridized carbons (Fsp3) is 1.00. The standard InChI is InChI=1S/C12H24O/c1-4-7-12-11(6-3)8-10(5-2)9-13-12/h10-12H,4-9H2,1-3H3/t10-,11+,12+/m0/s1. The molecular weight excluding hydrogens is 160 g/mol. The first-order chi connectivity index (χ1) is 6.31. The van der Waals surface area contributed by atoms with Crippen LogP contribution >= 0.6 is 0 Å². The molecule has 0 aliphatic carbocycles. The van der Waals surface area contributed by atoms with Crippen molar-refractivity contribution in [1.82, 2.24) is 0 Å². The van der Waals surface area contributed by atoms with Gasteiger partial charge in [-0.15, -0.1) is 0 Å². The van der Waals surface area contributed by atoms with Gasteiger partial charge in [-0.3, -0.25) is 0 Å². The molecule has 0 unspecified atom stereocenters. The number of ether oxygens (including phenoxy) is 1. The third-order valence-electron chi connectivity index (χ3n) is 3.38. The molecule has 0 radical (unpaired) electrons. The molecule has 1 heterocycles. The molecule has 1 aliphatic heterocycles. The van der Waals surface area contributed by atoms with Crippen molar-refractivity contribution < 1.29 is 4.74 Å². The van der Waals surface area contributed by atoms with Crippen LogP contribution in [0, 0.1) is 11.8 Å². The molecule has 0 spiro atoms. The van der Waals surface area contributed by atoms with Crippen molar-refractivity contribution in [2.75, 3.05) is 6.61 Å². The summed E-state index contributed by atoms with van der Waals surface area (Å²) in [5.41, 5.74) is 0. The lowest BCUT2D eigenvalue weighted by Crippen LogP contribution is -2.34. The Hall–Kier alpha value is -0.0400. The van der Waals surface area contributed by atoms with Gasteiger partial charge in [0.15, 0.2) is 0 Å². The minimum atomic E-state index is 0.567. The summed E-state index contributed by atoms with van der Waals surface area (Å²) >= 11 is 0. The maximum absolute atomic E-state index is 5.93. The Labute approximate surface area is 82.9 Å². The van der Waals surface area contributed by atoms with Crippen LogP contribution in [0.2, 0.25) is 0 Å². The van der Waals surface area contributed by atoms with E-state index < -0.39 is 0 Å². The van der Waals surface area contributed by atoms with E-state index in [-0.39, 0.29) is 0 Å². The molecule has 0 aromatic rings. The summed E-state index contributed by atoms with van der Waals surface area (Å²) in [6.07, 6.45) is 7.07. The van der Waals surface area contributed by atoms with E-state index in [9.17, 15) is 0 Å². The van der Waals surface area contributed by atoms with Gasteiger partial charge in [0.05, 0.1) is 6.10 Å². The molecule has 1 aliphatic rings. The van der Waals surface area contributed by atoms with E-state index in [4.69, 9.17) is 4.74 Å². The Kier molecular flexibility index (Phi) is 4.79. The van der Waals surface area contributed by atoms with Crippen molar-refractivity contribution in [2.24, 2.45) is 11.8 Å². The van der Waals surface area contributed by atoms with Gasteiger partial charge in [0.2, 0.25) is 0 Å². The first-order valence-electron chi connectivity index (χ1n) is 5.93. The second-order valence-electron chi connectivity index (χ2n) is 4.34. The van der Waals surface area contributed by atoms with Gasteiger partial charge in [-0.05, 0) is 24.7 Å². The quantitative estimate of drug-likeness (QED) is 0.648. The van der Waals surface area contributed by atoms with Crippen LogP contribution in [0.1, 0.15) is 52.9 Å². The average molecular weight is 184 g/mol. The zero-order valence-electron chi connectivity index (χ0n) is 9.38. The monoisotopic (exact) mass is 184 g/mol. The molecule has 1 rings (SSSR count). The molecule has 0 amide bonds. The highest BCUT2D eigenvalue weighted by molar-refractivity contribution is 4.77. The zero-order valence-corrected chi connectivity index (χ0v) is 9.38. The normalized spacial score (nSPS) is 34.8. The molecule has 0 aromatic heterocycles. The van der Waals surface area contributed by atoms with E-state index >= 15 is 0 Å². The molecule has 1 fully saturated rings. The van der Waals surface area contributed by atoms with Gasteiger partial charge < -0.3 is 4.74 Å². The van der Waals surface area contributed by atoms with Crippen LogP contribution < -0.4 is 0 Å². The Balaban J connectivity index is 2.40. The van der Waals surface area contributed by atoms with E-state index in [0.717, 1.165) is 18.4 Å². The zero-order chi connectivity index (χ0) is 9.68. The minimum absolute atomic E-state index is 0.567. The van der Waals surface area contributed by atoms with Crippen molar-refractivity contribution in [2.45, 2.75) is 59.0 Å². The number of rotatable bonds is 4. The van der Waals surface area contributed by atoms with E-state index in [1.165, 1.54) is 32.1 Å². The van der Waals surface area contributed by atoms with Gasteiger partial charge in [0.25, 0.3) is 0 Å². The molecule has 3 atom stereocenters. The fourth-order valence-electron chi connectivity index (χ4n) is 2.36. The van der Waals surface area contributed by atoms with E-state index in [2.05, 4.69) is 20.8 Å². The molecular formula is C12H24O. The van der Waals surface area contributed by atoms with Crippen molar-refractivity contribution in [1.29, 1.82) is 0 Å². The minimum Gasteiger partial charge on any atom is -0.378 e. The highest BCUT2D eigenvalue weighted by Crippen LogP contribution is 2.31. The maximum atomic E-state index is 5.93. The summed E-state index contributed by atoms with van der Waals surface area (Å²) in [6.45, 7) is 7.84. The lowest BCUT2D eigenvalue weighted by molar-refractivity contribution is -0.0618. The van der Waals surface area contributed by atoms with Gasteiger partial charge in [-0.25, -0.2) is 0 Å². The van der Waals surface area contributed by atoms with E-state index in [0.29, 0.717) is 6.10 Å². The van der Waals surface area contributed by atoms with Crippen LogP contribution in [0.15, 0.2) is 0 Å². The summed E-state index contributed by atoms with van der Waals surface area (Å²) in [7, 11) is 0. The van der Waals surface area contributed by atoms with Gasteiger partial charge in [-0.1, -0.05) is 40.0 Å². The third kappa shape index (κ3) is 2.98. The Bertz CT molecular complexity index is 133. The Morgan fingerprint density at radius 1 is 1.15 bits per heavy atom. The highest BCUT2D eigenvalue weighted by Gasteiger charge is 2.28. The van der Waals surface area contributed by atoms with Crippen LogP contribution in [0.3, 0.4) is 0 Å². The topological polar surface area (TPSA) is 9.23 Å². The van der Waals surface area contributed by atoms with Gasteiger partial charge in [-0.2, -0.15) is 0 Å². The van der Waals surface area contributed by atoms with Crippen molar-refractivity contribution in [3.05, 3.63) is 0 Å². The summed E-state index contributed by atoms with van der Waals surface area (Å²) in [5, 5.41) is 0. The predicted molar refractivity (Wildman–Crippen MR) is 56.8 cm³/mol. The van der Waals surface area contributed by atoms with E-state index in [1.54, 1.807) is 0 Å². The molecule has 0 saturated carbocycles. The fourth-order valence-corrected chi connectivity index (χ4v) is 2.36. The van der Waals surface area contributed by atoms with Gasteiger partial charge >= 0.3 is 0 Å². The molecule has 0 N–H and O–H groups in total. The molecule has 1 heteroatoms. The molecule has 0 aromatic carbocycles. The van der Waals surface area contributed by atoms with Crippen LogP contribution in [0.4, 0.5) is 0 Å². The predicted octanol–water partition coefficient (Wildman–Crippen LogP) is 3.63. The van der Waals surface area contributed by atoms with Crippen molar-refractivity contribution >= 4 is 0 Å². The second kappa shape index (κ2) is 5.64. The number of hydrogen-bond donors (Lipinski definition) is 0. The van der Waals surface area contributed by atoms with E-state index in [1.807, 2.05) is 0 Å². The van der Waals surface area contributed by atoms with Crippen molar-refractivity contribution in [3.63, 3.8) is 0 Å². The summed E-state index contributed by atoms with van der Waals surface area (Å²) in [6, 6.07) is 0. The molecule has 78 valence electrons. The average Bonchev–Trinajstić information content (AvgIpc) is 2.19. The van der Waals surface area contributed by atoms with Crippen LogP contribution in [-0.4, -0.2) is 12.7 Å². The lowest BCUT2D eigenvalue weighted by atomic mass is 9.83. The Morgan fingerprint density at radius 2 is 1.92 bits per heavy atom. The number of hydrogen-bond acceptors (Lipinski definition) is 1. The smallest absolute Gasteiger partial charge is 0.0603 e. The largest absolute Gasteiger partial charge is 0.378 e. The Morgan fingerprint density at radius 3 is 2.46 bits per heavy atom. The molecule has 1 saturated heterocycles. The van der Waals surface area contributed by atoms with Crippen LogP contribution in [-0.2, 0) is 4.74 Å². The first kappa shape index (κ1) is 11.0. The lowest BCUT2D eigenvalue weighted by Gasteiger charge is -2.35. The third-order valence-corrected chi connectivity index (χ3v) is 3.38. The summed E-state index contributed by atoms with van der Waals surface area (Å²) in [4.78, 5) is 0. The van der Waals surface area contributed by atoms with Crippen LogP contribution in [0.5, 0.6) is 0 Å².